The van der Waals surface area contributed by atoms with E-state index in [4.69, 9.17) is 4.42 Å². The molecule has 0 saturated carbocycles. The molecular formula is C24H22N6O2S. The second-order valence-electron chi connectivity index (χ2n) is 7.83. The van der Waals surface area contributed by atoms with Crippen molar-refractivity contribution < 1.29 is 9.21 Å². The average Bonchev–Trinajstić information content (AvgIpc) is 3.59. The highest BCUT2D eigenvalue weighted by Crippen LogP contribution is 2.34. The van der Waals surface area contributed by atoms with Crippen molar-refractivity contribution in [2.45, 2.75) is 31.5 Å². The van der Waals surface area contributed by atoms with Crippen LogP contribution in [0.1, 0.15) is 34.9 Å². The van der Waals surface area contributed by atoms with Gasteiger partial charge >= 0.3 is 0 Å². The van der Waals surface area contributed by atoms with Crippen molar-refractivity contribution in [1.82, 2.24) is 25.2 Å². The van der Waals surface area contributed by atoms with Gasteiger partial charge in [-0.3, -0.25) is 4.79 Å². The Labute approximate surface area is 195 Å². The Morgan fingerprint density at radius 1 is 1.09 bits per heavy atom. The summed E-state index contributed by atoms with van der Waals surface area (Å²) in [6.45, 7) is 4.04. The van der Waals surface area contributed by atoms with Crippen LogP contribution in [0.2, 0.25) is 0 Å². The molecule has 1 amide bonds. The molecule has 0 aliphatic carbocycles. The topological polar surface area (TPSA) is 89.4 Å². The molecule has 1 unspecified atom stereocenters. The summed E-state index contributed by atoms with van der Waals surface area (Å²) in [5.74, 6) is 0.723. The minimum absolute atomic E-state index is 0.136. The molecule has 1 aliphatic rings. The van der Waals surface area contributed by atoms with Crippen molar-refractivity contribution in [2.75, 3.05) is 5.75 Å². The second-order valence-corrected chi connectivity index (χ2v) is 8.78. The fourth-order valence-corrected chi connectivity index (χ4v) is 4.51. The molecule has 0 fully saturated rings. The van der Waals surface area contributed by atoms with Crippen LogP contribution in [0.3, 0.4) is 0 Å². The zero-order valence-corrected chi connectivity index (χ0v) is 19.1. The maximum atomic E-state index is 13.3. The number of nitrogens with zero attached hydrogens (tertiary/aromatic N) is 6. The first kappa shape index (κ1) is 21.1. The number of amides is 1. The van der Waals surface area contributed by atoms with E-state index >= 15 is 0 Å². The Hall–Kier alpha value is -3.72. The Balaban J connectivity index is 1.37. The third-order valence-electron chi connectivity index (χ3n) is 5.53. The maximum Gasteiger partial charge on any atom is 0.253 e. The summed E-state index contributed by atoms with van der Waals surface area (Å²) < 4.78 is 7.29. The largest absolute Gasteiger partial charge is 0.467 e. The van der Waals surface area contributed by atoms with Crippen molar-refractivity contribution in [3.8, 4) is 5.69 Å². The molecule has 8 nitrogen and oxygen atoms in total. The van der Waals surface area contributed by atoms with E-state index in [0.717, 1.165) is 22.5 Å². The number of thioether (sulfide) groups is 1. The first-order valence-electron chi connectivity index (χ1n) is 10.6. The number of aromatic nitrogens is 4. The maximum absolute atomic E-state index is 13.3. The fraction of sp³-hybridized carbons (Fsp3) is 0.208. The highest BCUT2D eigenvalue weighted by Gasteiger charge is 2.35. The van der Waals surface area contributed by atoms with Crippen LogP contribution in [0.5, 0.6) is 0 Å². The minimum atomic E-state index is -0.281. The molecule has 33 heavy (non-hydrogen) atoms. The first-order chi connectivity index (χ1) is 16.1. The molecule has 0 radical (unpaired) electrons. The number of rotatable bonds is 6. The molecule has 1 aliphatic heterocycles. The third kappa shape index (κ3) is 4.31. The van der Waals surface area contributed by atoms with Crippen LogP contribution in [0.15, 0.2) is 81.6 Å². The molecule has 9 heteroatoms. The number of hydrogen-bond donors (Lipinski definition) is 0. The van der Waals surface area contributed by atoms with Crippen LogP contribution < -0.4 is 0 Å². The van der Waals surface area contributed by atoms with Crippen LogP contribution in [0.25, 0.3) is 5.69 Å². The van der Waals surface area contributed by atoms with E-state index in [1.165, 1.54) is 22.3 Å². The molecule has 0 spiro atoms. The summed E-state index contributed by atoms with van der Waals surface area (Å²) in [5.41, 5.74) is 4.97. The van der Waals surface area contributed by atoms with Gasteiger partial charge in [-0.2, -0.15) is 9.78 Å². The summed E-state index contributed by atoms with van der Waals surface area (Å²) in [6.07, 6.45) is 2.21. The van der Waals surface area contributed by atoms with Crippen molar-refractivity contribution in [1.29, 1.82) is 0 Å². The van der Waals surface area contributed by atoms with Gasteiger partial charge in [0, 0.05) is 6.42 Å². The number of carbonyl (C=O) groups excluding carboxylic acids is 1. The fourth-order valence-electron chi connectivity index (χ4n) is 3.78. The predicted octanol–water partition coefficient (Wildman–Crippen LogP) is 4.34. The molecule has 4 aromatic rings. The SMILES string of the molecule is Cc1ccc(C2=NN(C(=O)CSc3nnnn3-c3ccccc3C)C(c3ccco3)C2)cc1. The molecule has 0 saturated heterocycles. The summed E-state index contributed by atoms with van der Waals surface area (Å²) >= 11 is 1.29. The zero-order chi connectivity index (χ0) is 22.8. The van der Waals surface area contributed by atoms with E-state index in [1.807, 2.05) is 74.5 Å². The molecule has 1 atom stereocenters. The highest BCUT2D eigenvalue weighted by molar-refractivity contribution is 7.99. The lowest BCUT2D eigenvalue weighted by Crippen LogP contribution is -2.28. The van der Waals surface area contributed by atoms with Gasteiger partial charge in [-0.25, -0.2) is 5.01 Å². The Morgan fingerprint density at radius 3 is 2.67 bits per heavy atom. The van der Waals surface area contributed by atoms with E-state index in [1.54, 1.807) is 10.9 Å². The molecule has 5 rings (SSSR count). The van der Waals surface area contributed by atoms with Crippen LogP contribution in [0, 0.1) is 13.8 Å². The Bertz CT molecular complexity index is 1300. The zero-order valence-electron chi connectivity index (χ0n) is 18.3. The number of furan rings is 1. The third-order valence-corrected chi connectivity index (χ3v) is 6.44. The lowest BCUT2D eigenvalue weighted by atomic mass is 10.0. The summed E-state index contributed by atoms with van der Waals surface area (Å²) in [4.78, 5) is 13.3. The molecule has 0 bridgehead atoms. The summed E-state index contributed by atoms with van der Waals surface area (Å²) in [6, 6.07) is 19.4. The van der Waals surface area contributed by atoms with E-state index in [2.05, 4.69) is 20.6 Å². The lowest BCUT2D eigenvalue weighted by molar-refractivity contribution is -0.130. The van der Waals surface area contributed by atoms with E-state index in [0.29, 0.717) is 17.3 Å². The quantitative estimate of drug-likeness (QED) is 0.399. The monoisotopic (exact) mass is 458 g/mol. The molecule has 166 valence electrons. The number of hydrazone groups is 1. The second kappa shape index (κ2) is 9.03. The lowest BCUT2D eigenvalue weighted by Gasteiger charge is -2.19. The normalized spacial score (nSPS) is 15.6. The van der Waals surface area contributed by atoms with Gasteiger partial charge in [-0.05, 0) is 53.6 Å². The van der Waals surface area contributed by atoms with Crippen LogP contribution in [-0.2, 0) is 4.79 Å². The molecular weight excluding hydrogens is 436 g/mol. The van der Waals surface area contributed by atoms with Gasteiger partial charge in [0.05, 0.1) is 23.4 Å². The molecule has 2 aromatic heterocycles. The number of aryl methyl sites for hydroxylation is 2. The van der Waals surface area contributed by atoms with Gasteiger partial charge < -0.3 is 4.42 Å². The molecule has 0 N–H and O–H groups in total. The van der Waals surface area contributed by atoms with Crippen molar-refractivity contribution >= 4 is 23.4 Å². The van der Waals surface area contributed by atoms with E-state index in [-0.39, 0.29) is 17.7 Å². The van der Waals surface area contributed by atoms with Gasteiger partial charge in [-0.15, -0.1) is 5.10 Å². The first-order valence-corrected chi connectivity index (χ1v) is 11.6. The van der Waals surface area contributed by atoms with Gasteiger partial charge in [0.1, 0.15) is 11.8 Å². The number of benzene rings is 2. The highest BCUT2D eigenvalue weighted by atomic mass is 32.2. The Kier molecular flexibility index (Phi) is 5.78. The minimum Gasteiger partial charge on any atom is -0.467 e. The summed E-state index contributed by atoms with van der Waals surface area (Å²) in [7, 11) is 0. The predicted molar refractivity (Wildman–Crippen MR) is 125 cm³/mol. The number of carbonyl (C=O) groups is 1. The summed E-state index contributed by atoms with van der Waals surface area (Å²) in [5, 5.41) is 18.8. The number of hydrogen-bond acceptors (Lipinski definition) is 7. The molecule has 2 aromatic carbocycles. The van der Waals surface area contributed by atoms with Crippen molar-refractivity contribution in [2.24, 2.45) is 5.10 Å². The smallest absolute Gasteiger partial charge is 0.253 e. The standard InChI is InChI=1S/C24H22N6O2S/c1-16-9-11-18(12-10-16)19-14-21(22-8-5-13-32-22)29(26-19)23(31)15-33-24-25-27-28-30(24)20-7-4-3-6-17(20)2/h3-13,21H,14-15H2,1-2H3. The van der Waals surface area contributed by atoms with Gasteiger partial charge in [0.25, 0.3) is 5.91 Å². The Morgan fingerprint density at radius 2 is 1.91 bits per heavy atom. The van der Waals surface area contributed by atoms with Gasteiger partial charge in [-0.1, -0.05) is 59.8 Å². The van der Waals surface area contributed by atoms with E-state index in [9.17, 15) is 4.79 Å². The van der Waals surface area contributed by atoms with Crippen molar-refractivity contribution in [3.05, 3.63) is 89.4 Å². The number of para-hydroxylation sites is 1. The van der Waals surface area contributed by atoms with Gasteiger partial charge in [0.15, 0.2) is 0 Å². The van der Waals surface area contributed by atoms with Crippen LogP contribution in [0.4, 0.5) is 0 Å². The van der Waals surface area contributed by atoms with Crippen LogP contribution >= 0.6 is 11.8 Å². The van der Waals surface area contributed by atoms with Crippen LogP contribution in [-0.4, -0.2) is 42.6 Å². The van der Waals surface area contributed by atoms with Gasteiger partial charge in [0.2, 0.25) is 5.16 Å². The van der Waals surface area contributed by atoms with E-state index < -0.39 is 0 Å². The molecule has 3 heterocycles. The van der Waals surface area contributed by atoms with Crippen molar-refractivity contribution in [3.63, 3.8) is 0 Å². The number of tetrazole rings is 1. The average molecular weight is 459 g/mol.